The molecule has 21 heavy (non-hydrogen) atoms. The summed E-state index contributed by atoms with van der Waals surface area (Å²) in [6, 6.07) is 8.25. The average molecular weight is 291 g/mol. The molecule has 0 aromatic heterocycles. The van der Waals surface area contributed by atoms with Crippen molar-refractivity contribution in [1.29, 1.82) is 0 Å². The quantitative estimate of drug-likeness (QED) is 0.432. The van der Waals surface area contributed by atoms with E-state index in [1.54, 1.807) is 7.11 Å². The molecule has 0 spiro atoms. The van der Waals surface area contributed by atoms with Crippen molar-refractivity contribution < 1.29 is 14.3 Å². The van der Waals surface area contributed by atoms with E-state index in [9.17, 15) is 4.79 Å². The molecule has 0 radical (unpaired) electrons. The van der Waals surface area contributed by atoms with Crippen LogP contribution >= 0.6 is 0 Å². The number of ether oxygens (including phenoxy) is 2. The first-order chi connectivity index (χ1) is 10.2. The number of methoxy groups -OCH3 is 1. The molecule has 1 aliphatic heterocycles. The van der Waals surface area contributed by atoms with E-state index in [0.717, 1.165) is 37.9 Å². The number of esters is 1. The topological polar surface area (TPSA) is 57.5 Å². The van der Waals surface area contributed by atoms with Gasteiger partial charge >= 0.3 is 5.97 Å². The summed E-state index contributed by atoms with van der Waals surface area (Å²) in [5.41, 5.74) is 1.26. The molecule has 1 aromatic carbocycles. The van der Waals surface area contributed by atoms with E-state index in [4.69, 9.17) is 9.47 Å². The third kappa shape index (κ3) is 5.05. The molecular weight excluding hydrogens is 266 g/mol. The van der Waals surface area contributed by atoms with Gasteiger partial charge in [-0.3, -0.25) is 10.1 Å². The van der Waals surface area contributed by atoms with E-state index in [1.165, 1.54) is 5.56 Å². The molecule has 1 N–H and O–H groups in total. The van der Waals surface area contributed by atoms with Crippen molar-refractivity contribution in [2.45, 2.75) is 51.1 Å². The standard InChI is InChI=1S/C17H25NO3/c1-3-4-5-12-21-17(19)16-15(18-16)11-8-13-6-9-14(20-2)10-7-13/h6-7,9-10,15-16,18H,3-5,8,11-12H2,1-2H3. The molecule has 0 bridgehead atoms. The molecule has 2 rings (SSSR count). The van der Waals surface area contributed by atoms with Crippen molar-refractivity contribution in [2.75, 3.05) is 13.7 Å². The highest BCUT2D eigenvalue weighted by atomic mass is 16.5. The molecule has 1 aromatic rings. The highest BCUT2D eigenvalue weighted by Gasteiger charge is 2.42. The van der Waals surface area contributed by atoms with Crippen LogP contribution in [-0.4, -0.2) is 31.8 Å². The van der Waals surface area contributed by atoms with E-state index in [2.05, 4.69) is 24.4 Å². The number of aryl methyl sites for hydroxylation is 1. The zero-order chi connectivity index (χ0) is 15.1. The smallest absolute Gasteiger partial charge is 0.324 e. The Balaban J connectivity index is 1.63. The van der Waals surface area contributed by atoms with Gasteiger partial charge in [0.25, 0.3) is 0 Å². The SMILES string of the molecule is CCCCCOC(=O)C1NC1CCc1ccc(OC)cc1. The second-order valence-electron chi connectivity index (χ2n) is 5.51. The second-order valence-corrected chi connectivity index (χ2v) is 5.51. The lowest BCUT2D eigenvalue weighted by molar-refractivity contribution is -0.143. The van der Waals surface area contributed by atoms with Crippen molar-refractivity contribution in [3.05, 3.63) is 29.8 Å². The molecule has 2 unspecified atom stereocenters. The number of hydrogen-bond donors (Lipinski definition) is 1. The zero-order valence-electron chi connectivity index (χ0n) is 12.9. The fourth-order valence-corrected chi connectivity index (χ4v) is 2.39. The van der Waals surface area contributed by atoms with Crippen molar-refractivity contribution in [3.8, 4) is 5.75 Å². The van der Waals surface area contributed by atoms with E-state index in [-0.39, 0.29) is 18.1 Å². The highest BCUT2D eigenvalue weighted by molar-refractivity contribution is 5.80. The lowest BCUT2D eigenvalue weighted by atomic mass is 10.1. The van der Waals surface area contributed by atoms with E-state index >= 15 is 0 Å². The molecule has 1 saturated heterocycles. The van der Waals surface area contributed by atoms with Crippen LogP contribution in [0.4, 0.5) is 0 Å². The lowest BCUT2D eigenvalue weighted by Gasteiger charge is -2.04. The third-order valence-electron chi connectivity index (χ3n) is 3.84. The van der Waals surface area contributed by atoms with Crippen molar-refractivity contribution in [3.63, 3.8) is 0 Å². The van der Waals surface area contributed by atoms with Crippen molar-refractivity contribution in [1.82, 2.24) is 5.32 Å². The summed E-state index contributed by atoms with van der Waals surface area (Å²) in [6.07, 6.45) is 5.14. The summed E-state index contributed by atoms with van der Waals surface area (Å²) in [4.78, 5) is 11.8. The first-order valence-corrected chi connectivity index (χ1v) is 7.80. The molecule has 4 heteroatoms. The summed E-state index contributed by atoms with van der Waals surface area (Å²) in [5.74, 6) is 0.780. The van der Waals surface area contributed by atoms with Gasteiger partial charge in [-0.15, -0.1) is 0 Å². The number of carbonyl (C=O) groups is 1. The molecule has 1 fully saturated rings. The Morgan fingerprint density at radius 3 is 2.67 bits per heavy atom. The van der Waals surface area contributed by atoms with E-state index in [1.807, 2.05) is 12.1 Å². The highest BCUT2D eigenvalue weighted by Crippen LogP contribution is 2.20. The van der Waals surface area contributed by atoms with Crippen molar-refractivity contribution in [2.24, 2.45) is 0 Å². The maximum Gasteiger partial charge on any atom is 0.324 e. The van der Waals surface area contributed by atoms with Gasteiger partial charge in [-0.1, -0.05) is 31.9 Å². The molecule has 0 saturated carbocycles. The summed E-state index contributed by atoms with van der Waals surface area (Å²) in [6.45, 7) is 2.69. The predicted octanol–water partition coefficient (Wildman–Crippen LogP) is 2.70. The molecule has 2 atom stereocenters. The summed E-state index contributed by atoms with van der Waals surface area (Å²) >= 11 is 0. The number of hydrogen-bond acceptors (Lipinski definition) is 4. The second kappa shape index (κ2) is 8.03. The molecule has 116 valence electrons. The van der Waals surface area contributed by atoms with Crippen LogP contribution in [0.25, 0.3) is 0 Å². The minimum atomic E-state index is -0.0927. The van der Waals surface area contributed by atoms with Gasteiger partial charge in [0.1, 0.15) is 11.8 Å². The van der Waals surface area contributed by atoms with Gasteiger partial charge in [0.05, 0.1) is 13.7 Å². The monoisotopic (exact) mass is 291 g/mol. The Bertz CT molecular complexity index is 444. The van der Waals surface area contributed by atoms with Crippen molar-refractivity contribution >= 4 is 5.97 Å². The number of benzene rings is 1. The average Bonchev–Trinajstić information content (AvgIpc) is 3.29. The molecule has 1 aliphatic rings. The minimum Gasteiger partial charge on any atom is -0.497 e. The third-order valence-corrected chi connectivity index (χ3v) is 3.84. The van der Waals surface area contributed by atoms with Gasteiger partial charge < -0.3 is 9.47 Å². The zero-order valence-corrected chi connectivity index (χ0v) is 12.9. The van der Waals surface area contributed by atoms with Gasteiger partial charge in [0, 0.05) is 6.04 Å². The predicted molar refractivity (Wildman–Crippen MR) is 82.5 cm³/mol. The number of unbranched alkanes of at least 4 members (excludes halogenated alkanes) is 2. The Hall–Kier alpha value is -1.55. The van der Waals surface area contributed by atoms with E-state index in [0.29, 0.717) is 6.61 Å². The molecular formula is C17H25NO3. The summed E-state index contributed by atoms with van der Waals surface area (Å²) in [7, 11) is 1.67. The van der Waals surface area contributed by atoms with Gasteiger partial charge in [0.15, 0.2) is 0 Å². The maximum atomic E-state index is 11.8. The van der Waals surface area contributed by atoms with Gasteiger partial charge in [-0.2, -0.15) is 0 Å². The molecule has 1 heterocycles. The van der Waals surface area contributed by atoms with Crippen LogP contribution in [0, 0.1) is 0 Å². The number of rotatable bonds is 9. The molecule has 4 nitrogen and oxygen atoms in total. The Labute approximate surface area is 126 Å². The van der Waals surface area contributed by atoms with E-state index < -0.39 is 0 Å². The van der Waals surface area contributed by atoms with Gasteiger partial charge in [-0.25, -0.2) is 0 Å². The number of nitrogens with one attached hydrogen (secondary N) is 1. The molecule has 0 amide bonds. The maximum absolute atomic E-state index is 11.8. The first-order valence-electron chi connectivity index (χ1n) is 7.80. The largest absolute Gasteiger partial charge is 0.497 e. The van der Waals surface area contributed by atoms with Crippen LogP contribution < -0.4 is 10.1 Å². The van der Waals surface area contributed by atoms with Crippen LogP contribution in [0.1, 0.15) is 38.2 Å². The Morgan fingerprint density at radius 1 is 1.24 bits per heavy atom. The molecule has 0 aliphatic carbocycles. The van der Waals surface area contributed by atoms with Crippen LogP contribution in [-0.2, 0) is 16.0 Å². The first kappa shape index (κ1) is 15.8. The Morgan fingerprint density at radius 2 is 2.00 bits per heavy atom. The normalized spacial score (nSPS) is 20.1. The van der Waals surface area contributed by atoms with Crippen LogP contribution in [0.15, 0.2) is 24.3 Å². The Kier molecular flexibility index (Phi) is 6.05. The van der Waals surface area contributed by atoms with Crippen LogP contribution in [0.3, 0.4) is 0 Å². The minimum absolute atomic E-state index is 0.0918. The van der Waals surface area contributed by atoms with Gasteiger partial charge in [0.2, 0.25) is 0 Å². The fraction of sp³-hybridized carbons (Fsp3) is 0.588. The van der Waals surface area contributed by atoms with Crippen LogP contribution in [0.2, 0.25) is 0 Å². The number of carbonyl (C=O) groups excluding carboxylic acids is 1. The summed E-state index contributed by atoms with van der Waals surface area (Å²) in [5, 5.41) is 3.20. The van der Waals surface area contributed by atoms with Crippen LogP contribution in [0.5, 0.6) is 5.75 Å². The van der Waals surface area contributed by atoms with Gasteiger partial charge in [-0.05, 0) is 37.0 Å². The fourth-order valence-electron chi connectivity index (χ4n) is 2.39. The summed E-state index contributed by atoms with van der Waals surface area (Å²) < 4.78 is 10.4. The lowest BCUT2D eigenvalue weighted by Crippen LogP contribution is -2.16.